The largest absolute Gasteiger partial charge is 0.0880 e. The van der Waals surface area contributed by atoms with Gasteiger partial charge in [0.2, 0.25) is 0 Å². The van der Waals surface area contributed by atoms with E-state index >= 15 is 0 Å². The summed E-state index contributed by atoms with van der Waals surface area (Å²) in [6, 6.07) is 0. The molecule has 0 aliphatic heterocycles. The number of hydrogen-bond donors (Lipinski definition) is 0. The minimum atomic E-state index is 0.733. The summed E-state index contributed by atoms with van der Waals surface area (Å²) in [5.74, 6) is 1.75. The Bertz CT molecular complexity index is 116. The monoisotopic (exact) mass is 152 g/mol. The van der Waals surface area contributed by atoms with E-state index in [1.807, 2.05) is 0 Å². The van der Waals surface area contributed by atoms with Gasteiger partial charge in [0.1, 0.15) is 0 Å². The Morgan fingerprint density at radius 1 is 1.27 bits per heavy atom. The third kappa shape index (κ3) is 3.60. The molecule has 0 radical (unpaired) electrons. The summed E-state index contributed by atoms with van der Waals surface area (Å²) in [6.45, 7) is 4.48. The summed E-state index contributed by atoms with van der Waals surface area (Å²) < 4.78 is 0. The lowest BCUT2D eigenvalue weighted by Gasteiger charge is -2.03. The standard InChI is InChI=1S/C11H20/c1-10(2)6-5-9-11-7-3-4-8-11/h5-6,10-11H,3-4,7-9H2,1-2H3/b6-5+. The van der Waals surface area contributed by atoms with E-state index in [9.17, 15) is 0 Å². The minimum Gasteiger partial charge on any atom is -0.0880 e. The van der Waals surface area contributed by atoms with E-state index in [0.717, 1.165) is 11.8 Å². The summed E-state index contributed by atoms with van der Waals surface area (Å²) >= 11 is 0. The lowest BCUT2D eigenvalue weighted by Crippen LogP contribution is -1.89. The highest BCUT2D eigenvalue weighted by Crippen LogP contribution is 2.27. The van der Waals surface area contributed by atoms with Gasteiger partial charge in [0, 0.05) is 0 Å². The predicted octanol–water partition coefficient (Wildman–Crippen LogP) is 3.78. The smallest absolute Gasteiger partial charge is 0.0290 e. The van der Waals surface area contributed by atoms with Crippen LogP contribution in [0, 0.1) is 11.8 Å². The first-order valence-corrected chi connectivity index (χ1v) is 4.95. The average Bonchev–Trinajstić information content (AvgIpc) is 2.39. The molecule has 0 nitrogen and oxygen atoms in total. The average molecular weight is 152 g/mol. The highest BCUT2D eigenvalue weighted by atomic mass is 14.2. The fraction of sp³-hybridized carbons (Fsp3) is 0.818. The van der Waals surface area contributed by atoms with Crippen molar-refractivity contribution < 1.29 is 0 Å². The summed E-state index contributed by atoms with van der Waals surface area (Å²) in [6.07, 6.45) is 11.9. The molecule has 0 aromatic rings. The molecule has 0 amide bonds. The van der Waals surface area contributed by atoms with Crippen molar-refractivity contribution in [1.29, 1.82) is 0 Å². The van der Waals surface area contributed by atoms with Crippen LogP contribution in [0.3, 0.4) is 0 Å². The lowest BCUT2D eigenvalue weighted by molar-refractivity contribution is 0.556. The van der Waals surface area contributed by atoms with E-state index < -0.39 is 0 Å². The van der Waals surface area contributed by atoms with Crippen LogP contribution in [0.5, 0.6) is 0 Å². The highest BCUT2D eigenvalue weighted by molar-refractivity contribution is 4.87. The van der Waals surface area contributed by atoms with E-state index in [-0.39, 0.29) is 0 Å². The van der Waals surface area contributed by atoms with Gasteiger partial charge in [-0.25, -0.2) is 0 Å². The molecule has 0 N–H and O–H groups in total. The first kappa shape index (κ1) is 8.83. The van der Waals surface area contributed by atoms with Crippen LogP contribution in [-0.4, -0.2) is 0 Å². The van der Waals surface area contributed by atoms with Crippen molar-refractivity contribution in [1.82, 2.24) is 0 Å². The van der Waals surface area contributed by atoms with E-state index in [2.05, 4.69) is 26.0 Å². The van der Waals surface area contributed by atoms with Crippen molar-refractivity contribution in [3.63, 3.8) is 0 Å². The summed E-state index contributed by atoms with van der Waals surface area (Å²) in [5.41, 5.74) is 0. The van der Waals surface area contributed by atoms with Gasteiger partial charge in [-0.15, -0.1) is 0 Å². The molecule has 0 aromatic heterocycles. The molecule has 64 valence electrons. The van der Waals surface area contributed by atoms with Crippen LogP contribution < -0.4 is 0 Å². The molecule has 0 spiro atoms. The van der Waals surface area contributed by atoms with Crippen LogP contribution in [0.25, 0.3) is 0 Å². The molecule has 0 atom stereocenters. The van der Waals surface area contributed by atoms with E-state index in [4.69, 9.17) is 0 Å². The second-order valence-electron chi connectivity index (χ2n) is 4.06. The molecular weight excluding hydrogens is 132 g/mol. The zero-order chi connectivity index (χ0) is 8.10. The maximum Gasteiger partial charge on any atom is -0.0290 e. The first-order valence-electron chi connectivity index (χ1n) is 4.95. The van der Waals surface area contributed by atoms with Gasteiger partial charge in [-0.1, -0.05) is 51.7 Å². The van der Waals surface area contributed by atoms with Gasteiger partial charge < -0.3 is 0 Å². The van der Waals surface area contributed by atoms with Crippen LogP contribution in [0.1, 0.15) is 46.0 Å². The Morgan fingerprint density at radius 2 is 1.91 bits per heavy atom. The number of rotatable bonds is 3. The van der Waals surface area contributed by atoms with Crippen LogP contribution >= 0.6 is 0 Å². The Morgan fingerprint density at radius 3 is 2.45 bits per heavy atom. The van der Waals surface area contributed by atoms with Crippen molar-refractivity contribution in [3.8, 4) is 0 Å². The second kappa shape index (κ2) is 4.58. The van der Waals surface area contributed by atoms with Gasteiger partial charge in [-0.3, -0.25) is 0 Å². The van der Waals surface area contributed by atoms with Gasteiger partial charge in [0.15, 0.2) is 0 Å². The Balaban J connectivity index is 2.10. The van der Waals surface area contributed by atoms with Crippen LogP contribution in [0.4, 0.5) is 0 Å². The third-order valence-electron chi connectivity index (χ3n) is 2.47. The van der Waals surface area contributed by atoms with Gasteiger partial charge in [0.25, 0.3) is 0 Å². The summed E-state index contributed by atoms with van der Waals surface area (Å²) in [5, 5.41) is 0. The molecule has 11 heavy (non-hydrogen) atoms. The molecule has 0 saturated heterocycles. The van der Waals surface area contributed by atoms with Gasteiger partial charge in [0.05, 0.1) is 0 Å². The van der Waals surface area contributed by atoms with Crippen LogP contribution in [0.15, 0.2) is 12.2 Å². The molecule has 1 rings (SSSR count). The summed E-state index contributed by atoms with van der Waals surface area (Å²) in [7, 11) is 0. The quantitative estimate of drug-likeness (QED) is 0.540. The zero-order valence-electron chi connectivity index (χ0n) is 7.84. The third-order valence-corrected chi connectivity index (χ3v) is 2.47. The van der Waals surface area contributed by atoms with Crippen molar-refractivity contribution in [2.24, 2.45) is 11.8 Å². The van der Waals surface area contributed by atoms with E-state index in [1.54, 1.807) is 0 Å². The molecule has 1 aliphatic carbocycles. The van der Waals surface area contributed by atoms with Crippen molar-refractivity contribution in [2.45, 2.75) is 46.0 Å². The number of allylic oxidation sites excluding steroid dienone is 2. The van der Waals surface area contributed by atoms with E-state index in [1.165, 1.54) is 32.1 Å². The first-order chi connectivity index (χ1) is 5.29. The Labute approximate surface area is 70.7 Å². The molecule has 1 fully saturated rings. The molecule has 0 heteroatoms. The maximum absolute atomic E-state index is 2.38. The highest BCUT2D eigenvalue weighted by Gasteiger charge is 2.12. The predicted molar refractivity (Wildman–Crippen MR) is 50.6 cm³/mol. The Kier molecular flexibility index (Phi) is 3.68. The Hall–Kier alpha value is -0.260. The van der Waals surface area contributed by atoms with Gasteiger partial charge in [-0.2, -0.15) is 0 Å². The number of hydrogen-bond acceptors (Lipinski definition) is 0. The van der Waals surface area contributed by atoms with Gasteiger partial charge >= 0.3 is 0 Å². The topological polar surface area (TPSA) is 0 Å². The minimum absolute atomic E-state index is 0.733. The molecule has 0 heterocycles. The molecule has 1 saturated carbocycles. The lowest BCUT2D eigenvalue weighted by atomic mass is 10.0. The fourth-order valence-corrected chi connectivity index (χ4v) is 1.79. The fourth-order valence-electron chi connectivity index (χ4n) is 1.79. The molecule has 0 bridgehead atoms. The van der Waals surface area contributed by atoms with Crippen molar-refractivity contribution in [3.05, 3.63) is 12.2 Å². The van der Waals surface area contributed by atoms with Crippen LogP contribution in [-0.2, 0) is 0 Å². The summed E-state index contributed by atoms with van der Waals surface area (Å²) in [4.78, 5) is 0. The maximum atomic E-state index is 2.38. The zero-order valence-corrected chi connectivity index (χ0v) is 7.84. The van der Waals surface area contributed by atoms with Crippen LogP contribution in [0.2, 0.25) is 0 Å². The molecule has 1 aliphatic rings. The molecular formula is C11H20. The molecule has 0 aromatic carbocycles. The second-order valence-corrected chi connectivity index (χ2v) is 4.06. The van der Waals surface area contributed by atoms with Gasteiger partial charge in [-0.05, 0) is 18.3 Å². The SMILES string of the molecule is CC(C)/C=C/CC1CCCC1. The van der Waals surface area contributed by atoms with Crippen molar-refractivity contribution in [2.75, 3.05) is 0 Å². The normalized spacial score (nSPS) is 20.6. The van der Waals surface area contributed by atoms with E-state index in [0.29, 0.717) is 0 Å². The van der Waals surface area contributed by atoms with Crippen molar-refractivity contribution >= 4 is 0 Å². The molecule has 0 unspecified atom stereocenters.